The van der Waals surface area contributed by atoms with Crippen LogP contribution in [0.15, 0.2) is 12.5 Å². The number of aromatic nitrogens is 4. The van der Waals surface area contributed by atoms with E-state index >= 15 is 0 Å². The number of ether oxygens (including phenoxy) is 1. The third-order valence-electron chi connectivity index (χ3n) is 3.75. The molecule has 0 bridgehead atoms. The van der Waals surface area contributed by atoms with Gasteiger partial charge in [0.25, 0.3) is 0 Å². The number of hydrogen-bond acceptors (Lipinski definition) is 6. The third-order valence-corrected chi connectivity index (χ3v) is 3.75. The molecule has 0 radical (unpaired) electrons. The minimum atomic E-state index is -0.848. The Morgan fingerprint density at radius 3 is 3.16 bits per heavy atom. The fourth-order valence-corrected chi connectivity index (χ4v) is 2.34. The molecule has 1 aliphatic rings. The molecule has 2 unspecified atom stereocenters. The Kier molecular flexibility index (Phi) is 2.87. The van der Waals surface area contributed by atoms with E-state index in [1.165, 1.54) is 6.33 Å². The van der Waals surface area contributed by atoms with Gasteiger partial charge in [0.15, 0.2) is 5.65 Å². The molecule has 3 rings (SSSR count). The van der Waals surface area contributed by atoms with Crippen LogP contribution in [-0.2, 0) is 11.8 Å². The summed E-state index contributed by atoms with van der Waals surface area (Å²) < 4.78 is 7.10. The van der Waals surface area contributed by atoms with Gasteiger partial charge in [-0.2, -0.15) is 5.10 Å². The SMILES string of the molecule is CC1OCCC1(O)CNc1ncnc2c1cnn2C. The number of nitrogens with zero attached hydrogens (tertiary/aromatic N) is 4. The zero-order chi connectivity index (χ0) is 13.5. The molecule has 0 aliphatic carbocycles. The number of aryl methyl sites for hydroxylation is 1. The first-order valence-electron chi connectivity index (χ1n) is 6.31. The molecule has 0 saturated carbocycles. The third kappa shape index (κ3) is 2.04. The van der Waals surface area contributed by atoms with Crippen molar-refractivity contribution >= 4 is 16.9 Å². The van der Waals surface area contributed by atoms with E-state index < -0.39 is 5.60 Å². The van der Waals surface area contributed by atoms with E-state index in [1.807, 2.05) is 14.0 Å². The van der Waals surface area contributed by atoms with Crippen molar-refractivity contribution in [1.82, 2.24) is 19.7 Å². The van der Waals surface area contributed by atoms with Gasteiger partial charge in [-0.15, -0.1) is 0 Å². The fraction of sp³-hybridized carbons (Fsp3) is 0.583. The quantitative estimate of drug-likeness (QED) is 0.829. The lowest BCUT2D eigenvalue weighted by Gasteiger charge is -2.26. The molecule has 1 aliphatic heterocycles. The van der Waals surface area contributed by atoms with E-state index in [-0.39, 0.29) is 6.10 Å². The Morgan fingerprint density at radius 2 is 2.42 bits per heavy atom. The second-order valence-corrected chi connectivity index (χ2v) is 4.95. The molecule has 2 aromatic heterocycles. The molecule has 2 N–H and O–H groups in total. The number of aliphatic hydroxyl groups is 1. The molecule has 0 aromatic carbocycles. The molecular formula is C12H17N5O2. The van der Waals surface area contributed by atoms with Crippen LogP contribution in [-0.4, -0.2) is 49.7 Å². The van der Waals surface area contributed by atoms with E-state index in [4.69, 9.17) is 4.74 Å². The molecule has 19 heavy (non-hydrogen) atoms. The molecule has 3 heterocycles. The van der Waals surface area contributed by atoms with Gasteiger partial charge >= 0.3 is 0 Å². The maximum atomic E-state index is 10.4. The monoisotopic (exact) mass is 263 g/mol. The summed E-state index contributed by atoms with van der Waals surface area (Å²) in [6.45, 7) is 2.87. The maximum absolute atomic E-state index is 10.4. The van der Waals surface area contributed by atoms with Crippen LogP contribution in [0.25, 0.3) is 11.0 Å². The van der Waals surface area contributed by atoms with Gasteiger partial charge in [-0.3, -0.25) is 4.68 Å². The molecule has 7 heteroatoms. The average Bonchev–Trinajstić information content (AvgIpc) is 2.93. The largest absolute Gasteiger partial charge is 0.385 e. The van der Waals surface area contributed by atoms with Gasteiger partial charge in [-0.1, -0.05) is 0 Å². The van der Waals surface area contributed by atoms with Gasteiger partial charge in [0.2, 0.25) is 0 Å². The van der Waals surface area contributed by atoms with Crippen LogP contribution in [0, 0.1) is 0 Å². The van der Waals surface area contributed by atoms with E-state index in [1.54, 1.807) is 10.9 Å². The van der Waals surface area contributed by atoms with Crippen LogP contribution in [0.2, 0.25) is 0 Å². The van der Waals surface area contributed by atoms with E-state index in [0.717, 1.165) is 11.0 Å². The zero-order valence-corrected chi connectivity index (χ0v) is 11.0. The molecule has 1 saturated heterocycles. The summed E-state index contributed by atoms with van der Waals surface area (Å²) in [5.41, 5.74) is -0.0837. The Hall–Kier alpha value is -1.73. The van der Waals surface area contributed by atoms with Crippen molar-refractivity contribution in [3.63, 3.8) is 0 Å². The van der Waals surface area contributed by atoms with Crippen LogP contribution < -0.4 is 5.32 Å². The highest BCUT2D eigenvalue weighted by Gasteiger charge is 2.39. The lowest BCUT2D eigenvalue weighted by atomic mass is 9.97. The first-order valence-corrected chi connectivity index (χ1v) is 6.31. The smallest absolute Gasteiger partial charge is 0.163 e. The van der Waals surface area contributed by atoms with Gasteiger partial charge < -0.3 is 15.2 Å². The Balaban J connectivity index is 1.82. The Bertz CT molecular complexity index is 599. The minimum Gasteiger partial charge on any atom is -0.385 e. The minimum absolute atomic E-state index is 0.175. The lowest BCUT2D eigenvalue weighted by molar-refractivity contribution is -0.0176. The number of fused-ring (bicyclic) bond motifs is 1. The maximum Gasteiger partial charge on any atom is 0.163 e. The first kappa shape index (κ1) is 12.3. The molecule has 1 fully saturated rings. The van der Waals surface area contributed by atoms with Crippen LogP contribution in [0.1, 0.15) is 13.3 Å². The fourth-order valence-electron chi connectivity index (χ4n) is 2.34. The molecule has 2 aromatic rings. The molecule has 2 atom stereocenters. The molecule has 0 spiro atoms. The van der Waals surface area contributed by atoms with Crippen molar-refractivity contribution in [2.45, 2.75) is 25.0 Å². The van der Waals surface area contributed by atoms with Crippen LogP contribution in [0.5, 0.6) is 0 Å². The topological polar surface area (TPSA) is 85.1 Å². The van der Waals surface area contributed by atoms with Crippen molar-refractivity contribution in [1.29, 1.82) is 0 Å². The van der Waals surface area contributed by atoms with Crippen LogP contribution >= 0.6 is 0 Å². The zero-order valence-electron chi connectivity index (χ0n) is 11.0. The molecule has 102 valence electrons. The average molecular weight is 263 g/mol. The van der Waals surface area contributed by atoms with E-state index in [9.17, 15) is 5.11 Å². The number of nitrogens with one attached hydrogen (secondary N) is 1. The summed E-state index contributed by atoms with van der Waals surface area (Å²) in [6.07, 6.45) is 3.66. The van der Waals surface area contributed by atoms with Crippen molar-refractivity contribution < 1.29 is 9.84 Å². The summed E-state index contributed by atoms with van der Waals surface area (Å²) >= 11 is 0. The summed E-state index contributed by atoms with van der Waals surface area (Å²) in [4.78, 5) is 8.39. The normalized spacial score (nSPS) is 27.0. The first-order chi connectivity index (χ1) is 9.10. The summed E-state index contributed by atoms with van der Waals surface area (Å²) in [5, 5.41) is 18.6. The van der Waals surface area contributed by atoms with Gasteiger partial charge in [-0.05, 0) is 6.92 Å². The van der Waals surface area contributed by atoms with Gasteiger partial charge in [0.05, 0.1) is 17.7 Å². The van der Waals surface area contributed by atoms with Crippen molar-refractivity contribution in [2.24, 2.45) is 7.05 Å². The van der Waals surface area contributed by atoms with Crippen molar-refractivity contribution in [3.8, 4) is 0 Å². The number of rotatable bonds is 3. The second kappa shape index (κ2) is 4.43. The number of anilines is 1. The lowest BCUT2D eigenvalue weighted by Crippen LogP contribution is -2.43. The van der Waals surface area contributed by atoms with Gasteiger partial charge in [0, 0.05) is 26.6 Å². The standard InChI is InChI=1S/C12H17N5O2/c1-8-12(18,3-4-19-8)6-13-10-9-5-16-17(2)11(9)15-7-14-10/h5,7-8,18H,3-4,6H2,1-2H3,(H,13,14,15). The summed E-state index contributed by atoms with van der Waals surface area (Å²) in [6, 6.07) is 0. The molecule has 7 nitrogen and oxygen atoms in total. The van der Waals surface area contributed by atoms with Gasteiger partial charge in [-0.25, -0.2) is 9.97 Å². The summed E-state index contributed by atoms with van der Waals surface area (Å²) in [7, 11) is 1.83. The predicted octanol–water partition coefficient (Wildman–Crippen LogP) is 0.315. The predicted molar refractivity (Wildman–Crippen MR) is 69.8 cm³/mol. The Labute approximate surface area is 110 Å². The summed E-state index contributed by atoms with van der Waals surface area (Å²) in [5.74, 6) is 0.686. The highest BCUT2D eigenvalue weighted by Crippen LogP contribution is 2.27. The van der Waals surface area contributed by atoms with E-state index in [2.05, 4.69) is 20.4 Å². The number of hydrogen-bond donors (Lipinski definition) is 2. The Morgan fingerprint density at radius 1 is 1.58 bits per heavy atom. The van der Waals surface area contributed by atoms with Crippen molar-refractivity contribution in [2.75, 3.05) is 18.5 Å². The van der Waals surface area contributed by atoms with E-state index in [0.29, 0.717) is 25.4 Å². The highest BCUT2D eigenvalue weighted by atomic mass is 16.5. The molecular weight excluding hydrogens is 246 g/mol. The highest BCUT2D eigenvalue weighted by molar-refractivity contribution is 5.85. The van der Waals surface area contributed by atoms with Gasteiger partial charge in [0.1, 0.15) is 17.7 Å². The second-order valence-electron chi connectivity index (χ2n) is 4.95. The van der Waals surface area contributed by atoms with Crippen LogP contribution in [0.4, 0.5) is 5.82 Å². The molecule has 0 amide bonds. The van der Waals surface area contributed by atoms with Crippen LogP contribution in [0.3, 0.4) is 0 Å². The van der Waals surface area contributed by atoms with Crippen molar-refractivity contribution in [3.05, 3.63) is 12.5 Å².